The molecule has 14 heteroatoms. The fraction of sp³-hybridized carbons (Fsp3) is 0.849. The van der Waals surface area contributed by atoms with Gasteiger partial charge < -0.3 is 65.1 Å². The van der Waals surface area contributed by atoms with Crippen LogP contribution >= 0.6 is 0 Å². The summed E-state index contributed by atoms with van der Waals surface area (Å²) in [6, 6.07) is -0.937. The second-order valence-corrected chi connectivity index (χ2v) is 25.3. The van der Waals surface area contributed by atoms with E-state index in [1.54, 1.807) is 6.08 Å². The van der Waals surface area contributed by atoms with Crippen LogP contribution in [0.25, 0.3) is 0 Å². The van der Waals surface area contributed by atoms with Crippen LogP contribution in [-0.2, 0) is 23.7 Å². The maximum absolute atomic E-state index is 13.3. The third kappa shape index (κ3) is 41.7. The van der Waals surface area contributed by atoms with E-state index in [0.29, 0.717) is 12.8 Å². The molecule has 0 saturated carbocycles. The summed E-state index contributed by atoms with van der Waals surface area (Å²) in [7, 11) is 0. The van der Waals surface area contributed by atoms with Gasteiger partial charge in [-0.2, -0.15) is 0 Å². The highest BCUT2D eigenvalue weighted by Gasteiger charge is 2.51. The summed E-state index contributed by atoms with van der Waals surface area (Å²) in [6.45, 7) is 2.72. The first-order valence-electron chi connectivity index (χ1n) is 36.0. The summed E-state index contributed by atoms with van der Waals surface area (Å²) in [5.41, 5.74) is 0. The van der Waals surface area contributed by atoms with E-state index >= 15 is 0 Å². The number of hydrogen-bond acceptors (Lipinski definition) is 13. The fourth-order valence-corrected chi connectivity index (χ4v) is 11.6. The molecule has 87 heavy (non-hydrogen) atoms. The molecule has 2 heterocycles. The molecule has 2 aliphatic heterocycles. The minimum atomic E-state index is -1.79. The van der Waals surface area contributed by atoms with Crippen LogP contribution < -0.4 is 5.32 Å². The number of hydrogen-bond donors (Lipinski definition) is 9. The first kappa shape index (κ1) is 80.8. The van der Waals surface area contributed by atoms with Crippen molar-refractivity contribution in [2.45, 2.75) is 376 Å². The highest BCUT2D eigenvalue weighted by atomic mass is 16.7. The second kappa shape index (κ2) is 57.6. The Morgan fingerprint density at radius 3 is 1.23 bits per heavy atom. The molecule has 0 radical (unpaired) electrons. The van der Waals surface area contributed by atoms with Gasteiger partial charge in [-0.25, -0.2) is 0 Å². The molecule has 0 bridgehead atoms. The van der Waals surface area contributed by atoms with E-state index in [2.05, 4.69) is 67.8 Å². The SMILES string of the molecule is CCCC/C=C/CC/C=C/CC/C=C/C(O)C(COC1OC(CO)C(OC2OC(CO)C(O)C(O)C2O)C(O)C1O)NC(=O)CCCCCCCCCCCCCCCCCCCCCCCCCCCCCCC/C=C\C/C=C\CCCCCCC. The van der Waals surface area contributed by atoms with Crippen molar-refractivity contribution in [1.29, 1.82) is 0 Å². The van der Waals surface area contributed by atoms with Gasteiger partial charge in [-0.05, 0) is 70.6 Å². The van der Waals surface area contributed by atoms with E-state index in [1.165, 1.54) is 218 Å². The molecule has 9 N–H and O–H groups in total. The Kier molecular flexibility index (Phi) is 53.5. The number of allylic oxidation sites excluding steroid dienone is 9. The number of carbonyl (C=O) groups is 1. The van der Waals surface area contributed by atoms with Gasteiger partial charge in [0.25, 0.3) is 0 Å². The number of rotatable bonds is 59. The molecule has 0 aromatic heterocycles. The molecular formula is C73H133NO13. The van der Waals surface area contributed by atoms with E-state index in [9.17, 15) is 45.6 Å². The number of aliphatic hydroxyl groups is 8. The zero-order chi connectivity index (χ0) is 63.1. The Hall–Kier alpha value is -2.31. The minimum absolute atomic E-state index is 0.251. The molecule has 1 amide bonds. The van der Waals surface area contributed by atoms with Crippen LogP contribution in [0.3, 0.4) is 0 Å². The summed E-state index contributed by atoms with van der Waals surface area (Å²) in [4.78, 5) is 13.3. The third-order valence-electron chi connectivity index (χ3n) is 17.4. The van der Waals surface area contributed by atoms with Crippen LogP contribution in [0.2, 0.25) is 0 Å². The lowest BCUT2D eigenvalue weighted by molar-refractivity contribution is -0.359. The number of unbranched alkanes of at least 4 members (excludes halogenated alkanes) is 38. The van der Waals surface area contributed by atoms with Gasteiger partial charge in [-0.15, -0.1) is 0 Å². The average molecular weight is 1230 g/mol. The van der Waals surface area contributed by atoms with Gasteiger partial charge >= 0.3 is 0 Å². The Morgan fingerprint density at radius 1 is 0.414 bits per heavy atom. The summed E-state index contributed by atoms with van der Waals surface area (Å²) >= 11 is 0. The lowest BCUT2D eigenvalue weighted by Gasteiger charge is -2.46. The molecule has 2 rings (SSSR count). The quantitative estimate of drug-likeness (QED) is 0.0204. The molecule has 0 aliphatic carbocycles. The van der Waals surface area contributed by atoms with Gasteiger partial charge in [-0.1, -0.05) is 286 Å². The smallest absolute Gasteiger partial charge is 0.220 e. The van der Waals surface area contributed by atoms with Crippen molar-refractivity contribution in [2.75, 3.05) is 19.8 Å². The molecule has 14 nitrogen and oxygen atoms in total. The first-order chi connectivity index (χ1) is 42.6. The predicted molar refractivity (Wildman–Crippen MR) is 355 cm³/mol. The molecule has 0 aromatic carbocycles. The van der Waals surface area contributed by atoms with Crippen molar-refractivity contribution in [3.05, 3.63) is 60.8 Å². The van der Waals surface area contributed by atoms with Gasteiger partial charge in [0, 0.05) is 6.42 Å². The molecule has 2 saturated heterocycles. The zero-order valence-corrected chi connectivity index (χ0v) is 55.3. The Labute approximate surface area is 530 Å². The normalized spacial score (nSPS) is 23.6. The Morgan fingerprint density at radius 2 is 0.782 bits per heavy atom. The van der Waals surface area contributed by atoms with E-state index in [-0.39, 0.29) is 18.9 Å². The summed E-state index contributed by atoms with van der Waals surface area (Å²) in [6.07, 6.45) is 60.5. The Balaban J connectivity index is 1.52. The molecule has 508 valence electrons. The standard InChI is InChI=1S/C73H133NO13/c1-3-5-7-9-11-13-15-17-18-19-20-21-22-23-24-25-26-27-28-29-30-31-32-33-34-35-36-37-38-39-40-41-42-43-44-45-47-49-51-53-55-57-65(78)74-61(62(77)56-54-52-50-48-46-16-14-12-10-8-6-4-2)60-84-72-70(83)68(81)71(64(59-76)86-72)87-73-69(82)67(80)66(79)63(58-75)85-73/h10,12,15,17,19-20,46,48,54,56,61-64,66-73,75-77,79-83H,3-9,11,13-14,16,18,21-45,47,49-53,55,57-60H2,1-2H3,(H,74,78)/b12-10+,17-15-,20-19-,48-46+,56-54+. The zero-order valence-electron chi connectivity index (χ0n) is 55.3. The molecule has 12 atom stereocenters. The fourth-order valence-electron chi connectivity index (χ4n) is 11.6. The largest absolute Gasteiger partial charge is 0.394 e. The van der Waals surface area contributed by atoms with E-state index in [1.807, 2.05) is 6.08 Å². The highest BCUT2D eigenvalue weighted by molar-refractivity contribution is 5.76. The number of nitrogens with one attached hydrogen (secondary N) is 1. The van der Waals surface area contributed by atoms with Crippen LogP contribution in [0.1, 0.15) is 303 Å². The van der Waals surface area contributed by atoms with Crippen molar-refractivity contribution >= 4 is 5.91 Å². The van der Waals surface area contributed by atoms with Crippen LogP contribution in [-0.4, -0.2) is 140 Å². The average Bonchev–Trinajstić information content (AvgIpc) is 2.27. The van der Waals surface area contributed by atoms with Crippen molar-refractivity contribution in [1.82, 2.24) is 5.32 Å². The lowest BCUT2D eigenvalue weighted by atomic mass is 9.97. The van der Waals surface area contributed by atoms with Crippen molar-refractivity contribution in [3.8, 4) is 0 Å². The van der Waals surface area contributed by atoms with Crippen LogP contribution in [0.4, 0.5) is 0 Å². The number of carbonyl (C=O) groups excluding carboxylic acids is 1. The maximum Gasteiger partial charge on any atom is 0.220 e. The van der Waals surface area contributed by atoms with Crippen LogP contribution in [0.5, 0.6) is 0 Å². The van der Waals surface area contributed by atoms with Gasteiger partial charge in [-0.3, -0.25) is 4.79 Å². The first-order valence-corrected chi connectivity index (χ1v) is 36.0. The summed E-state index contributed by atoms with van der Waals surface area (Å²) in [5, 5.41) is 87.1. The van der Waals surface area contributed by atoms with Gasteiger partial charge in [0.1, 0.15) is 48.8 Å². The lowest BCUT2D eigenvalue weighted by Crippen LogP contribution is -2.65. The van der Waals surface area contributed by atoms with Crippen LogP contribution in [0.15, 0.2) is 60.8 Å². The maximum atomic E-state index is 13.3. The van der Waals surface area contributed by atoms with Crippen molar-refractivity contribution in [2.24, 2.45) is 0 Å². The second-order valence-electron chi connectivity index (χ2n) is 25.3. The van der Waals surface area contributed by atoms with E-state index in [0.717, 1.165) is 51.4 Å². The third-order valence-corrected chi connectivity index (χ3v) is 17.4. The Bertz CT molecular complexity index is 1690. The molecule has 0 spiro atoms. The topological polar surface area (TPSA) is 228 Å². The molecular weight excluding hydrogens is 1100 g/mol. The molecule has 0 aromatic rings. The van der Waals surface area contributed by atoms with Crippen molar-refractivity contribution in [3.63, 3.8) is 0 Å². The number of amides is 1. The van der Waals surface area contributed by atoms with Gasteiger partial charge in [0.2, 0.25) is 5.91 Å². The summed E-state index contributed by atoms with van der Waals surface area (Å²) < 4.78 is 22.8. The number of aliphatic hydroxyl groups excluding tert-OH is 8. The van der Waals surface area contributed by atoms with Crippen molar-refractivity contribution < 1.29 is 64.6 Å². The monoisotopic (exact) mass is 1230 g/mol. The number of ether oxygens (including phenoxy) is 4. The van der Waals surface area contributed by atoms with Gasteiger partial charge in [0.15, 0.2) is 12.6 Å². The predicted octanol–water partition coefficient (Wildman–Crippen LogP) is 14.8. The van der Waals surface area contributed by atoms with E-state index in [4.69, 9.17) is 18.9 Å². The van der Waals surface area contributed by atoms with Crippen LogP contribution in [0, 0.1) is 0 Å². The summed E-state index contributed by atoms with van der Waals surface area (Å²) in [5.74, 6) is -0.251. The molecule has 2 aliphatic rings. The minimum Gasteiger partial charge on any atom is -0.394 e. The van der Waals surface area contributed by atoms with E-state index < -0.39 is 86.8 Å². The highest BCUT2D eigenvalue weighted by Crippen LogP contribution is 2.30. The molecule has 12 unspecified atom stereocenters. The van der Waals surface area contributed by atoms with Gasteiger partial charge in [0.05, 0.1) is 32.0 Å². The molecule has 2 fully saturated rings.